The van der Waals surface area contributed by atoms with Gasteiger partial charge < -0.3 is 21.0 Å². The monoisotopic (exact) mass is 390 g/mol. The first-order valence-electron chi connectivity index (χ1n) is 7.04. The predicted octanol–water partition coefficient (Wildman–Crippen LogP) is 2.90. The molecule has 5 N–H and O–H groups in total. The third-order valence-corrected chi connectivity index (χ3v) is 4.22. The Morgan fingerprint density at radius 2 is 2.00 bits per heavy atom. The van der Waals surface area contributed by atoms with Crippen LogP contribution in [0.4, 0.5) is 5.82 Å². The van der Waals surface area contributed by atoms with Gasteiger partial charge in [0, 0.05) is 5.56 Å². The second kappa shape index (κ2) is 5.72. The number of phenols is 1. The zero-order valence-electron chi connectivity index (χ0n) is 13.0. The zero-order valence-corrected chi connectivity index (χ0v) is 14.6. The van der Waals surface area contributed by atoms with Crippen molar-refractivity contribution in [2.45, 2.75) is 13.8 Å². The van der Waals surface area contributed by atoms with E-state index in [2.05, 4.69) is 21.0 Å². The van der Waals surface area contributed by atoms with Crippen LogP contribution in [0.25, 0.3) is 17.1 Å². The topological polar surface area (TPSA) is 120 Å². The second-order valence-electron chi connectivity index (χ2n) is 5.36. The maximum atomic E-state index is 11.9. The Balaban J connectivity index is 2.32. The van der Waals surface area contributed by atoms with Crippen molar-refractivity contribution < 1.29 is 14.3 Å². The number of aryl methyl sites for hydroxylation is 1. The summed E-state index contributed by atoms with van der Waals surface area (Å²) in [6, 6.07) is 6.67. The lowest BCUT2D eigenvalue weighted by Gasteiger charge is -2.12. The fourth-order valence-corrected chi connectivity index (χ4v) is 2.92. The number of carbonyl (C=O) groups is 1. The zero-order chi connectivity index (χ0) is 17.6. The number of hydrogen-bond acceptors (Lipinski definition) is 5. The number of aromatic nitrogens is 2. The smallest absolute Gasteiger partial charge is 0.254 e. The molecule has 0 fully saturated rings. The first kappa shape index (κ1) is 16.1. The summed E-state index contributed by atoms with van der Waals surface area (Å²) in [4.78, 5) is 11.9. The number of benzene rings is 1. The summed E-state index contributed by atoms with van der Waals surface area (Å²) in [6.45, 7) is 3.60. The minimum Gasteiger partial charge on any atom is -0.508 e. The van der Waals surface area contributed by atoms with Crippen LogP contribution in [0.1, 0.15) is 21.5 Å². The molecule has 0 radical (unpaired) electrons. The van der Waals surface area contributed by atoms with E-state index in [0.717, 1.165) is 5.56 Å². The minimum atomic E-state index is -0.711. The highest BCUT2D eigenvalue weighted by Crippen LogP contribution is 2.34. The number of nitrogens with two attached hydrogens (primary N) is 2. The number of carbonyl (C=O) groups excluding carboxylic acids is 1. The maximum Gasteiger partial charge on any atom is 0.254 e. The van der Waals surface area contributed by atoms with E-state index in [4.69, 9.17) is 15.9 Å². The number of anilines is 1. The number of hydrogen-bond donors (Lipinski definition) is 3. The average molecular weight is 391 g/mol. The van der Waals surface area contributed by atoms with E-state index < -0.39 is 5.91 Å². The molecule has 0 bridgehead atoms. The van der Waals surface area contributed by atoms with Crippen molar-refractivity contribution in [1.82, 2.24) is 9.78 Å². The highest BCUT2D eigenvalue weighted by molar-refractivity contribution is 9.10. The van der Waals surface area contributed by atoms with Crippen LogP contribution in [0.5, 0.6) is 5.75 Å². The molecule has 8 heteroatoms. The molecule has 7 nitrogen and oxygen atoms in total. The van der Waals surface area contributed by atoms with E-state index >= 15 is 0 Å². The molecule has 1 aromatic carbocycles. The Bertz CT molecular complexity index is 959. The molecular formula is C16H15BrN4O3. The lowest BCUT2D eigenvalue weighted by atomic mass is 10.1. The lowest BCUT2D eigenvalue weighted by molar-refractivity contribution is 0.100. The van der Waals surface area contributed by atoms with E-state index in [9.17, 15) is 9.90 Å². The summed E-state index contributed by atoms with van der Waals surface area (Å²) in [6.07, 6.45) is 0. The molecular weight excluding hydrogens is 376 g/mol. The van der Waals surface area contributed by atoms with Gasteiger partial charge in [-0.05, 0) is 53.5 Å². The Kier molecular flexibility index (Phi) is 3.84. The molecule has 1 amide bonds. The van der Waals surface area contributed by atoms with Crippen molar-refractivity contribution >= 4 is 27.7 Å². The molecule has 0 aliphatic carbocycles. The predicted molar refractivity (Wildman–Crippen MR) is 93.0 cm³/mol. The number of phenolic OH excluding ortho intramolecular Hbond substituents is 1. The van der Waals surface area contributed by atoms with Gasteiger partial charge in [-0.1, -0.05) is 6.07 Å². The molecule has 24 heavy (non-hydrogen) atoms. The SMILES string of the molecule is Cc1ccc(O)c(C)c1-n1nc(-c2ccc(Br)o2)c(C(N)=O)c1N. The Morgan fingerprint density at radius 1 is 1.29 bits per heavy atom. The van der Waals surface area contributed by atoms with Gasteiger partial charge >= 0.3 is 0 Å². The van der Waals surface area contributed by atoms with E-state index in [-0.39, 0.29) is 22.8 Å². The summed E-state index contributed by atoms with van der Waals surface area (Å²) >= 11 is 3.21. The van der Waals surface area contributed by atoms with Crippen LogP contribution in [0, 0.1) is 13.8 Å². The van der Waals surface area contributed by atoms with Crippen LogP contribution in [-0.4, -0.2) is 20.8 Å². The number of nitrogen functional groups attached to an aromatic ring is 1. The van der Waals surface area contributed by atoms with Crippen LogP contribution in [0.3, 0.4) is 0 Å². The van der Waals surface area contributed by atoms with Crippen molar-refractivity contribution in [3.8, 4) is 22.9 Å². The minimum absolute atomic E-state index is 0.0685. The number of aromatic hydroxyl groups is 1. The molecule has 2 heterocycles. The maximum absolute atomic E-state index is 11.9. The first-order valence-corrected chi connectivity index (χ1v) is 7.84. The highest BCUT2D eigenvalue weighted by Gasteiger charge is 2.25. The summed E-state index contributed by atoms with van der Waals surface area (Å²) in [5.41, 5.74) is 13.9. The van der Waals surface area contributed by atoms with Crippen molar-refractivity contribution in [3.63, 3.8) is 0 Å². The molecule has 0 aliphatic heterocycles. The number of furan rings is 1. The van der Waals surface area contributed by atoms with Crippen molar-refractivity contribution in [3.05, 3.63) is 45.6 Å². The molecule has 0 saturated heterocycles. The van der Waals surface area contributed by atoms with Gasteiger partial charge in [0.25, 0.3) is 5.91 Å². The Hall–Kier alpha value is -2.74. The lowest BCUT2D eigenvalue weighted by Crippen LogP contribution is -2.14. The average Bonchev–Trinajstić information content (AvgIpc) is 3.08. The highest BCUT2D eigenvalue weighted by atomic mass is 79.9. The molecule has 0 saturated carbocycles. The Morgan fingerprint density at radius 3 is 2.58 bits per heavy atom. The number of nitrogens with zero attached hydrogens (tertiary/aromatic N) is 2. The number of halogens is 1. The van der Waals surface area contributed by atoms with Gasteiger partial charge in [0.2, 0.25) is 0 Å². The van der Waals surface area contributed by atoms with Gasteiger partial charge in [0.1, 0.15) is 22.8 Å². The van der Waals surface area contributed by atoms with Gasteiger partial charge in [-0.2, -0.15) is 5.10 Å². The van der Waals surface area contributed by atoms with Gasteiger partial charge in [-0.15, -0.1) is 0 Å². The molecule has 0 spiro atoms. The van der Waals surface area contributed by atoms with Crippen LogP contribution in [0.15, 0.2) is 33.4 Å². The largest absolute Gasteiger partial charge is 0.508 e. The molecule has 0 atom stereocenters. The molecule has 0 unspecified atom stereocenters. The first-order chi connectivity index (χ1) is 11.3. The third-order valence-electron chi connectivity index (χ3n) is 3.79. The van der Waals surface area contributed by atoms with Crippen LogP contribution in [-0.2, 0) is 0 Å². The summed E-state index contributed by atoms with van der Waals surface area (Å²) in [5.74, 6) is -0.163. The number of primary amides is 1. The molecule has 2 aromatic heterocycles. The summed E-state index contributed by atoms with van der Waals surface area (Å²) in [7, 11) is 0. The fourth-order valence-electron chi connectivity index (χ4n) is 2.61. The third kappa shape index (κ3) is 2.44. The van der Waals surface area contributed by atoms with Gasteiger partial charge in [0.15, 0.2) is 10.4 Å². The molecule has 3 rings (SSSR count). The van der Waals surface area contributed by atoms with E-state index in [1.165, 1.54) is 4.68 Å². The summed E-state index contributed by atoms with van der Waals surface area (Å²) < 4.78 is 7.37. The van der Waals surface area contributed by atoms with Crippen molar-refractivity contribution in [2.75, 3.05) is 5.73 Å². The summed E-state index contributed by atoms with van der Waals surface area (Å²) in [5, 5.41) is 14.4. The van der Waals surface area contributed by atoms with Gasteiger partial charge in [-0.3, -0.25) is 4.79 Å². The number of rotatable bonds is 3. The van der Waals surface area contributed by atoms with Crippen molar-refractivity contribution in [2.24, 2.45) is 5.73 Å². The van der Waals surface area contributed by atoms with E-state index in [1.807, 2.05) is 6.92 Å². The van der Waals surface area contributed by atoms with Gasteiger partial charge in [-0.25, -0.2) is 4.68 Å². The quantitative estimate of drug-likeness (QED) is 0.634. The van der Waals surface area contributed by atoms with Crippen molar-refractivity contribution in [1.29, 1.82) is 0 Å². The normalized spacial score (nSPS) is 11.0. The van der Waals surface area contributed by atoms with Gasteiger partial charge in [0.05, 0.1) is 5.69 Å². The molecule has 124 valence electrons. The molecule has 0 aliphatic rings. The Labute approximate surface area is 146 Å². The molecule has 3 aromatic rings. The van der Waals surface area contributed by atoms with Crippen LogP contribution in [0.2, 0.25) is 0 Å². The van der Waals surface area contributed by atoms with Crippen LogP contribution < -0.4 is 11.5 Å². The van der Waals surface area contributed by atoms with Crippen LogP contribution >= 0.6 is 15.9 Å². The second-order valence-corrected chi connectivity index (χ2v) is 6.15. The fraction of sp³-hybridized carbons (Fsp3) is 0.125. The van der Waals surface area contributed by atoms with E-state index in [1.54, 1.807) is 31.2 Å². The van der Waals surface area contributed by atoms with E-state index in [0.29, 0.717) is 21.7 Å². The number of amides is 1. The standard InChI is InChI=1S/C16H15BrN4O3/c1-7-3-4-9(22)8(2)14(7)21-15(18)12(16(19)23)13(20-21)10-5-6-11(17)24-10/h3-6,22H,18H2,1-2H3,(H2,19,23).